The molecule has 84 valence electrons. The Hall–Kier alpha value is -1.59. The van der Waals surface area contributed by atoms with Gasteiger partial charge in [-0.15, -0.1) is 0 Å². The number of nitriles is 1. The predicted octanol–water partition coefficient (Wildman–Crippen LogP) is 2.70. The summed E-state index contributed by atoms with van der Waals surface area (Å²) in [6, 6.07) is 12.0. The molecule has 1 rings (SSSR count). The van der Waals surface area contributed by atoms with Crippen LogP contribution in [0.3, 0.4) is 0 Å². The number of aliphatic hydroxyl groups excluding tert-OH is 1. The number of aryl methyl sites for hydroxylation is 1. The van der Waals surface area contributed by atoms with Crippen molar-refractivity contribution < 1.29 is 5.11 Å². The topological polar surface area (TPSA) is 44.0 Å². The van der Waals surface area contributed by atoms with Crippen LogP contribution < -0.4 is 0 Å². The average molecular weight is 215 g/mol. The van der Waals surface area contributed by atoms with Crippen LogP contribution in [0.5, 0.6) is 0 Å². The highest BCUT2D eigenvalue weighted by Gasteiger charge is 2.10. The molecule has 0 bridgehead atoms. The van der Waals surface area contributed by atoms with E-state index in [2.05, 4.69) is 12.1 Å². The Morgan fingerprint density at radius 2 is 2.06 bits per heavy atom. The Labute approximate surface area is 96.8 Å². The molecule has 1 aromatic carbocycles. The maximum absolute atomic E-state index is 9.84. The lowest BCUT2D eigenvalue weighted by Crippen LogP contribution is -2.16. The van der Waals surface area contributed by atoms with Crippen molar-refractivity contribution in [3.8, 4) is 6.07 Å². The maximum Gasteiger partial charge on any atom is 0.0908 e. The predicted molar refractivity (Wildman–Crippen MR) is 64.7 cm³/mol. The highest BCUT2D eigenvalue weighted by molar-refractivity contribution is 5.15. The second-order valence-electron chi connectivity index (χ2n) is 3.94. The summed E-state index contributed by atoms with van der Waals surface area (Å²) >= 11 is 0. The summed E-state index contributed by atoms with van der Waals surface area (Å²) in [6.07, 6.45) is 4.38. The quantitative estimate of drug-likeness (QED) is 0.767. The molecule has 0 aromatic heterocycles. The first-order chi connectivity index (χ1) is 7.74. The van der Waals surface area contributed by atoms with Crippen molar-refractivity contribution in [2.75, 3.05) is 0 Å². The Bertz CT molecular complexity index is 364. The Kier molecular flexibility index (Phi) is 5.31. The van der Waals surface area contributed by atoms with Crippen molar-refractivity contribution in [2.24, 2.45) is 5.92 Å². The SMILES string of the molecule is C[C@@H](/C=C/C#N)[C@@H](O)CCc1ccccc1. The van der Waals surface area contributed by atoms with E-state index in [-0.39, 0.29) is 12.0 Å². The van der Waals surface area contributed by atoms with Gasteiger partial charge >= 0.3 is 0 Å². The fraction of sp³-hybridized carbons (Fsp3) is 0.357. The summed E-state index contributed by atoms with van der Waals surface area (Å²) < 4.78 is 0. The van der Waals surface area contributed by atoms with Gasteiger partial charge in [0.1, 0.15) is 0 Å². The minimum atomic E-state index is -0.384. The fourth-order valence-corrected chi connectivity index (χ4v) is 1.55. The molecule has 0 amide bonds. The molecule has 0 unspecified atom stereocenters. The van der Waals surface area contributed by atoms with Crippen molar-refractivity contribution >= 4 is 0 Å². The third kappa shape index (κ3) is 4.29. The Morgan fingerprint density at radius 3 is 2.69 bits per heavy atom. The molecule has 0 saturated carbocycles. The van der Waals surface area contributed by atoms with Crippen LogP contribution in [0.15, 0.2) is 42.5 Å². The van der Waals surface area contributed by atoms with Gasteiger partial charge in [-0.2, -0.15) is 5.26 Å². The van der Waals surface area contributed by atoms with Crippen LogP contribution in [-0.2, 0) is 6.42 Å². The average Bonchev–Trinajstić information content (AvgIpc) is 2.34. The molecule has 0 radical (unpaired) electrons. The normalized spacial score (nSPS) is 14.6. The molecule has 0 spiro atoms. The van der Waals surface area contributed by atoms with Gasteiger partial charge in [0.15, 0.2) is 0 Å². The molecule has 1 N–H and O–H groups in total. The first-order valence-corrected chi connectivity index (χ1v) is 5.52. The van der Waals surface area contributed by atoms with Crippen molar-refractivity contribution in [3.63, 3.8) is 0 Å². The van der Waals surface area contributed by atoms with Gasteiger partial charge in [-0.05, 0) is 18.4 Å². The van der Waals surface area contributed by atoms with Crippen molar-refractivity contribution in [1.82, 2.24) is 0 Å². The van der Waals surface area contributed by atoms with E-state index in [1.165, 1.54) is 11.6 Å². The van der Waals surface area contributed by atoms with Crippen LogP contribution in [-0.4, -0.2) is 11.2 Å². The first kappa shape index (κ1) is 12.5. The first-order valence-electron chi connectivity index (χ1n) is 5.52. The van der Waals surface area contributed by atoms with E-state index in [1.807, 2.05) is 31.2 Å². The van der Waals surface area contributed by atoms with Gasteiger partial charge in [0, 0.05) is 12.0 Å². The summed E-state index contributed by atoms with van der Waals surface area (Å²) in [5, 5.41) is 18.2. The number of nitrogens with zero attached hydrogens (tertiary/aromatic N) is 1. The zero-order valence-electron chi connectivity index (χ0n) is 9.50. The van der Waals surface area contributed by atoms with E-state index >= 15 is 0 Å². The van der Waals surface area contributed by atoms with E-state index in [0.29, 0.717) is 0 Å². The largest absolute Gasteiger partial charge is 0.393 e. The maximum atomic E-state index is 9.84. The van der Waals surface area contributed by atoms with E-state index in [0.717, 1.165) is 12.8 Å². The standard InChI is InChI=1S/C14H17NO/c1-12(6-5-11-15)14(16)10-9-13-7-3-2-4-8-13/h2-8,12,14,16H,9-10H2,1H3/b6-5+/t12-,14-/m0/s1. The van der Waals surface area contributed by atoms with Crippen LogP contribution in [0.4, 0.5) is 0 Å². The van der Waals surface area contributed by atoms with Crippen molar-refractivity contribution in [3.05, 3.63) is 48.0 Å². The van der Waals surface area contributed by atoms with E-state index in [9.17, 15) is 5.11 Å². The number of aliphatic hydroxyl groups is 1. The third-order valence-electron chi connectivity index (χ3n) is 2.65. The van der Waals surface area contributed by atoms with Gasteiger partial charge in [0.2, 0.25) is 0 Å². The summed E-state index contributed by atoms with van der Waals surface area (Å²) in [5.41, 5.74) is 1.23. The summed E-state index contributed by atoms with van der Waals surface area (Å²) in [7, 11) is 0. The molecule has 2 atom stereocenters. The van der Waals surface area contributed by atoms with E-state index < -0.39 is 0 Å². The lowest BCUT2D eigenvalue weighted by atomic mass is 9.97. The molecule has 1 aromatic rings. The lowest BCUT2D eigenvalue weighted by molar-refractivity contribution is 0.128. The van der Waals surface area contributed by atoms with Gasteiger partial charge in [0.05, 0.1) is 12.2 Å². The number of hydrogen-bond acceptors (Lipinski definition) is 2. The number of benzene rings is 1. The van der Waals surface area contributed by atoms with Crippen LogP contribution in [0, 0.1) is 17.2 Å². The molecule has 0 saturated heterocycles. The molecule has 0 fully saturated rings. The smallest absolute Gasteiger partial charge is 0.0908 e. The van der Waals surface area contributed by atoms with Gasteiger partial charge in [0.25, 0.3) is 0 Å². The molecule has 0 aliphatic heterocycles. The van der Waals surface area contributed by atoms with Crippen LogP contribution in [0.25, 0.3) is 0 Å². The zero-order valence-corrected chi connectivity index (χ0v) is 9.50. The second-order valence-corrected chi connectivity index (χ2v) is 3.94. The van der Waals surface area contributed by atoms with Crippen LogP contribution in [0.2, 0.25) is 0 Å². The van der Waals surface area contributed by atoms with Crippen LogP contribution in [0.1, 0.15) is 18.9 Å². The number of allylic oxidation sites excluding steroid dienone is 1. The van der Waals surface area contributed by atoms with Gasteiger partial charge in [-0.3, -0.25) is 0 Å². The zero-order chi connectivity index (χ0) is 11.8. The molecule has 16 heavy (non-hydrogen) atoms. The van der Waals surface area contributed by atoms with Crippen molar-refractivity contribution in [1.29, 1.82) is 5.26 Å². The third-order valence-corrected chi connectivity index (χ3v) is 2.65. The molecule has 0 heterocycles. The molecular weight excluding hydrogens is 198 g/mol. The summed E-state index contributed by atoms with van der Waals surface area (Å²) in [4.78, 5) is 0. The van der Waals surface area contributed by atoms with Gasteiger partial charge < -0.3 is 5.11 Å². The fourth-order valence-electron chi connectivity index (χ4n) is 1.55. The number of hydrogen-bond donors (Lipinski definition) is 1. The van der Waals surface area contributed by atoms with Crippen molar-refractivity contribution in [2.45, 2.75) is 25.9 Å². The van der Waals surface area contributed by atoms with Gasteiger partial charge in [-0.1, -0.05) is 43.3 Å². The Morgan fingerprint density at radius 1 is 1.38 bits per heavy atom. The molecule has 0 aliphatic rings. The minimum absolute atomic E-state index is 0.0309. The minimum Gasteiger partial charge on any atom is -0.393 e. The highest BCUT2D eigenvalue weighted by atomic mass is 16.3. The van der Waals surface area contributed by atoms with Crippen LogP contribution >= 0.6 is 0 Å². The molecular formula is C14H17NO. The molecule has 2 heteroatoms. The highest BCUT2D eigenvalue weighted by Crippen LogP contribution is 2.12. The lowest BCUT2D eigenvalue weighted by Gasteiger charge is -2.14. The van der Waals surface area contributed by atoms with E-state index in [4.69, 9.17) is 5.26 Å². The number of rotatable bonds is 5. The van der Waals surface area contributed by atoms with E-state index in [1.54, 1.807) is 6.08 Å². The second kappa shape index (κ2) is 6.81. The molecule has 0 aliphatic carbocycles. The summed E-state index contributed by atoms with van der Waals surface area (Å²) in [6.45, 7) is 1.92. The summed E-state index contributed by atoms with van der Waals surface area (Å²) in [5.74, 6) is 0.0309. The monoisotopic (exact) mass is 215 g/mol. The van der Waals surface area contributed by atoms with Gasteiger partial charge in [-0.25, -0.2) is 0 Å². The Balaban J connectivity index is 2.38. The molecule has 2 nitrogen and oxygen atoms in total.